The van der Waals surface area contributed by atoms with Gasteiger partial charge in [-0.3, -0.25) is 0 Å². The summed E-state index contributed by atoms with van der Waals surface area (Å²) in [7, 11) is 0. The lowest BCUT2D eigenvalue weighted by atomic mass is 9.94. The summed E-state index contributed by atoms with van der Waals surface area (Å²) < 4.78 is 20.4. The number of benzene rings is 2. The van der Waals surface area contributed by atoms with Gasteiger partial charge in [0.1, 0.15) is 18.8 Å². The third-order valence-electron chi connectivity index (χ3n) is 6.70. The average Bonchev–Trinajstić information content (AvgIpc) is 3.37. The number of hydrogen-bond acceptors (Lipinski definition) is 8. The summed E-state index contributed by atoms with van der Waals surface area (Å²) in [6, 6.07) is 10.6. The van der Waals surface area contributed by atoms with Gasteiger partial charge in [-0.05, 0) is 101 Å². The Labute approximate surface area is 234 Å². The number of tetrazole rings is 1. The SMILES string of the molecule is CCOc1cc(C2C(C(=O)OC3CCCCC3)=C(C)Nc3nnnn32)cc(Br)c1OCc1ccc(Cl)cc1. The lowest BCUT2D eigenvalue weighted by Gasteiger charge is -2.30. The summed E-state index contributed by atoms with van der Waals surface area (Å²) in [6.07, 6.45) is 4.99. The second kappa shape index (κ2) is 11.7. The third kappa shape index (κ3) is 5.66. The second-order valence-electron chi connectivity index (χ2n) is 9.36. The topological polar surface area (TPSA) is 100 Å². The largest absolute Gasteiger partial charge is 0.490 e. The molecule has 1 aliphatic heterocycles. The van der Waals surface area contributed by atoms with E-state index >= 15 is 0 Å². The molecule has 1 aliphatic carbocycles. The molecule has 1 aromatic heterocycles. The fourth-order valence-corrected chi connectivity index (χ4v) is 5.57. The van der Waals surface area contributed by atoms with Crippen LogP contribution in [0.15, 0.2) is 52.1 Å². The molecule has 3 aromatic rings. The lowest BCUT2D eigenvalue weighted by Crippen LogP contribution is -2.32. The number of allylic oxidation sites excluding steroid dienone is 1. The first-order valence-electron chi connectivity index (χ1n) is 12.7. The van der Waals surface area contributed by atoms with E-state index in [-0.39, 0.29) is 12.1 Å². The number of rotatable bonds is 8. The fourth-order valence-electron chi connectivity index (χ4n) is 4.87. The molecule has 11 heteroatoms. The minimum atomic E-state index is -0.613. The number of carbonyl (C=O) groups is 1. The minimum Gasteiger partial charge on any atom is -0.490 e. The molecule has 0 saturated heterocycles. The predicted octanol–water partition coefficient (Wildman–Crippen LogP) is 6.23. The zero-order valence-corrected chi connectivity index (χ0v) is 23.6. The highest BCUT2D eigenvalue weighted by Crippen LogP contribution is 2.43. The monoisotopic (exact) mass is 601 g/mol. The number of halogens is 2. The fraction of sp³-hybridized carbons (Fsp3) is 0.407. The first-order valence-corrected chi connectivity index (χ1v) is 13.9. The Hall–Kier alpha value is -3.11. The van der Waals surface area contributed by atoms with E-state index in [0.29, 0.717) is 51.4 Å². The summed E-state index contributed by atoms with van der Waals surface area (Å²) in [5.74, 6) is 1.17. The van der Waals surface area contributed by atoms with Crippen LogP contribution in [0.1, 0.15) is 63.1 Å². The normalized spacial score (nSPS) is 17.5. The van der Waals surface area contributed by atoms with Crippen LogP contribution in [0.2, 0.25) is 5.02 Å². The molecule has 9 nitrogen and oxygen atoms in total. The van der Waals surface area contributed by atoms with E-state index in [1.165, 1.54) is 6.42 Å². The molecular weight excluding hydrogens is 574 g/mol. The maximum atomic E-state index is 13.6. The van der Waals surface area contributed by atoms with E-state index in [4.69, 9.17) is 25.8 Å². The van der Waals surface area contributed by atoms with Gasteiger partial charge in [0.05, 0.1) is 16.7 Å². The van der Waals surface area contributed by atoms with Gasteiger partial charge < -0.3 is 19.5 Å². The van der Waals surface area contributed by atoms with Crippen LogP contribution < -0.4 is 14.8 Å². The maximum absolute atomic E-state index is 13.6. The average molecular weight is 603 g/mol. The van der Waals surface area contributed by atoms with Gasteiger partial charge in [-0.2, -0.15) is 4.68 Å². The zero-order valence-electron chi connectivity index (χ0n) is 21.2. The van der Waals surface area contributed by atoms with Crippen molar-refractivity contribution in [1.82, 2.24) is 20.2 Å². The number of nitrogens with one attached hydrogen (secondary N) is 1. The number of aromatic nitrogens is 4. The molecule has 0 bridgehead atoms. The molecule has 200 valence electrons. The second-order valence-corrected chi connectivity index (χ2v) is 10.6. The van der Waals surface area contributed by atoms with Crippen molar-refractivity contribution >= 4 is 39.4 Å². The van der Waals surface area contributed by atoms with Gasteiger partial charge in [-0.1, -0.05) is 35.3 Å². The van der Waals surface area contributed by atoms with Gasteiger partial charge in [0.15, 0.2) is 11.5 Å². The van der Waals surface area contributed by atoms with Crippen LogP contribution >= 0.6 is 27.5 Å². The molecular formula is C27H29BrClN5O4. The van der Waals surface area contributed by atoms with Gasteiger partial charge in [0, 0.05) is 10.7 Å². The van der Waals surface area contributed by atoms with Crippen LogP contribution in [-0.4, -0.2) is 38.9 Å². The molecule has 38 heavy (non-hydrogen) atoms. The highest BCUT2D eigenvalue weighted by Gasteiger charge is 2.37. The molecule has 1 N–H and O–H groups in total. The summed E-state index contributed by atoms with van der Waals surface area (Å²) >= 11 is 9.68. The van der Waals surface area contributed by atoms with Gasteiger partial charge >= 0.3 is 5.97 Å². The number of nitrogens with zero attached hydrogens (tertiary/aromatic N) is 4. The van der Waals surface area contributed by atoms with Crippen molar-refractivity contribution in [2.45, 2.75) is 64.7 Å². The third-order valence-corrected chi connectivity index (χ3v) is 7.54. The smallest absolute Gasteiger partial charge is 0.338 e. The Morgan fingerprint density at radius 3 is 2.66 bits per heavy atom. The van der Waals surface area contributed by atoms with Crippen molar-refractivity contribution in [3.63, 3.8) is 0 Å². The Kier molecular flexibility index (Phi) is 8.18. The minimum absolute atomic E-state index is 0.0816. The first kappa shape index (κ1) is 26.5. The number of fused-ring (bicyclic) bond motifs is 1. The van der Waals surface area contributed by atoms with E-state index in [9.17, 15) is 4.79 Å². The molecule has 0 radical (unpaired) electrons. The number of ether oxygens (including phenoxy) is 3. The molecule has 0 amide bonds. The number of esters is 1. The van der Waals surface area contributed by atoms with Crippen LogP contribution in [0.3, 0.4) is 0 Å². The predicted molar refractivity (Wildman–Crippen MR) is 146 cm³/mol. The molecule has 1 unspecified atom stereocenters. The lowest BCUT2D eigenvalue weighted by molar-refractivity contribution is -0.146. The molecule has 2 aromatic carbocycles. The number of hydrogen-bond donors (Lipinski definition) is 1. The molecule has 2 heterocycles. The molecule has 1 saturated carbocycles. The molecule has 1 fully saturated rings. The standard InChI is InChI=1S/C27H29BrClN5O4/c1-3-36-22-14-18(13-21(28)25(22)37-15-17-9-11-19(29)12-10-17)24-23(16(2)30-27-31-32-33-34(24)27)26(35)38-20-7-5-4-6-8-20/h9-14,20,24H,3-8,15H2,1-2H3,(H,30,31,33). The first-order chi connectivity index (χ1) is 18.4. The van der Waals surface area contributed by atoms with Crippen molar-refractivity contribution in [2.24, 2.45) is 0 Å². The van der Waals surface area contributed by atoms with Gasteiger partial charge in [0.25, 0.3) is 0 Å². The van der Waals surface area contributed by atoms with Crippen molar-refractivity contribution in [2.75, 3.05) is 11.9 Å². The zero-order chi connectivity index (χ0) is 26.6. The Morgan fingerprint density at radius 1 is 1.16 bits per heavy atom. The summed E-state index contributed by atoms with van der Waals surface area (Å²) in [4.78, 5) is 13.6. The van der Waals surface area contributed by atoms with E-state index in [2.05, 4.69) is 36.8 Å². The number of carbonyl (C=O) groups excluding carboxylic acids is 1. The highest BCUT2D eigenvalue weighted by atomic mass is 79.9. The van der Waals surface area contributed by atoms with Crippen molar-refractivity contribution in [3.8, 4) is 11.5 Å². The molecule has 2 aliphatic rings. The van der Waals surface area contributed by atoms with Gasteiger partial charge in [-0.25, -0.2) is 4.79 Å². The van der Waals surface area contributed by atoms with Crippen molar-refractivity contribution in [3.05, 3.63) is 68.3 Å². The number of anilines is 1. The van der Waals surface area contributed by atoms with Crippen molar-refractivity contribution in [1.29, 1.82) is 0 Å². The quantitative estimate of drug-likeness (QED) is 0.303. The van der Waals surface area contributed by atoms with Crippen LogP contribution in [0.4, 0.5) is 5.95 Å². The maximum Gasteiger partial charge on any atom is 0.338 e. The van der Waals surface area contributed by atoms with Crippen LogP contribution in [0.5, 0.6) is 11.5 Å². The molecule has 1 atom stereocenters. The van der Waals surface area contributed by atoms with Gasteiger partial charge in [0.2, 0.25) is 5.95 Å². The van der Waals surface area contributed by atoms with E-state index in [0.717, 1.165) is 36.8 Å². The van der Waals surface area contributed by atoms with Crippen molar-refractivity contribution < 1.29 is 19.0 Å². The van der Waals surface area contributed by atoms with E-state index in [1.807, 2.05) is 50.2 Å². The van der Waals surface area contributed by atoms with Crippen LogP contribution in [0, 0.1) is 0 Å². The summed E-state index contributed by atoms with van der Waals surface area (Å²) in [6.45, 7) is 4.51. The molecule has 0 spiro atoms. The van der Waals surface area contributed by atoms with Gasteiger partial charge in [-0.15, -0.1) is 0 Å². The Bertz CT molecular complexity index is 1340. The summed E-state index contributed by atoms with van der Waals surface area (Å²) in [5, 5.41) is 15.9. The van der Waals surface area contributed by atoms with Crippen LogP contribution in [0.25, 0.3) is 0 Å². The Morgan fingerprint density at radius 2 is 1.92 bits per heavy atom. The Balaban J connectivity index is 1.49. The summed E-state index contributed by atoms with van der Waals surface area (Å²) in [5.41, 5.74) is 2.83. The van der Waals surface area contributed by atoms with Crippen LogP contribution in [-0.2, 0) is 16.1 Å². The molecule has 5 rings (SSSR count). The highest BCUT2D eigenvalue weighted by molar-refractivity contribution is 9.10. The van der Waals surface area contributed by atoms with E-state index in [1.54, 1.807) is 4.68 Å². The van der Waals surface area contributed by atoms with E-state index < -0.39 is 6.04 Å².